The Morgan fingerprint density at radius 3 is 2.94 bits per heavy atom. The maximum absolute atomic E-state index is 5.63. The van der Waals surface area contributed by atoms with Gasteiger partial charge in [-0.05, 0) is 24.7 Å². The molecule has 1 aliphatic rings. The Bertz CT molecular complexity index is 378. The smallest absolute Gasteiger partial charge is 0.218 e. The highest BCUT2D eigenvalue weighted by molar-refractivity contribution is 5.30. The van der Waals surface area contributed by atoms with Crippen molar-refractivity contribution in [1.29, 1.82) is 0 Å². The maximum Gasteiger partial charge on any atom is 0.218 e. The molecule has 2 unspecified atom stereocenters. The summed E-state index contributed by atoms with van der Waals surface area (Å²) in [7, 11) is 0. The number of allylic oxidation sites excluding steroid dienone is 2. The number of hydrogen-bond donors (Lipinski definition) is 1. The van der Waals surface area contributed by atoms with E-state index in [9.17, 15) is 0 Å². The number of nitrogens with zero attached hydrogens (tertiary/aromatic N) is 2. The minimum absolute atomic E-state index is 0.446. The molecule has 0 saturated heterocycles. The van der Waals surface area contributed by atoms with Crippen LogP contribution in [0.25, 0.3) is 0 Å². The van der Waals surface area contributed by atoms with Crippen LogP contribution in [0.4, 0.5) is 5.82 Å². The number of anilines is 1. The number of aromatic nitrogens is 2. The van der Waals surface area contributed by atoms with Crippen molar-refractivity contribution >= 4 is 5.82 Å². The van der Waals surface area contributed by atoms with Gasteiger partial charge in [0.15, 0.2) is 0 Å². The van der Waals surface area contributed by atoms with Crippen LogP contribution in [0.15, 0.2) is 24.5 Å². The normalized spacial score (nSPS) is 24.3. The molecule has 0 amide bonds. The lowest BCUT2D eigenvalue weighted by Crippen LogP contribution is -2.21. The Kier molecular flexibility index (Phi) is 3.39. The first-order chi connectivity index (χ1) is 7.75. The first-order valence-corrected chi connectivity index (χ1v) is 5.61. The molecule has 86 valence electrons. The molecule has 1 aromatic rings. The SMILES string of the molecule is CC1CC=CCC1COc1cc(N)ncn1. The molecule has 0 aromatic carbocycles. The van der Waals surface area contributed by atoms with Gasteiger partial charge in [0, 0.05) is 6.07 Å². The van der Waals surface area contributed by atoms with E-state index in [-0.39, 0.29) is 0 Å². The van der Waals surface area contributed by atoms with E-state index in [1.165, 1.54) is 6.33 Å². The Morgan fingerprint density at radius 1 is 1.38 bits per heavy atom. The van der Waals surface area contributed by atoms with Crippen LogP contribution in [-0.2, 0) is 0 Å². The third-order valence-corrected chi connectivity index (χ3v) is 3.03. The van der Waals surface area contributed by atoms with Crippen molar-refractivity contribution in [2.45, 2.75) is 19.8 Å². The predicted octanol–water partition coefficient (Wildman–Crippen LogP) is 2.04. The lowest BCUT2D eigenvalue weighted by molar-refractivity contribution is 0.192. The summed E-state index contributed by atoms with van der Waals surface area (Å²) in [5.74, 6) is 2.25. The Hall–Kier alpha value is -1.58. The first-order valence-electron chi connectivity index (χ1n) is 5.61. The highest BCUT2D eigenvalue weighted by Crippen LogP contribution is 2.25. The van der Waals surface area contributed by atoms with Crippen LogP contribution >= 0.6 is 0 Å². The summed E-state index contributed by atoms with van der Waals surface area (Å²) in [6.45, 7) is 2.95. The Morgan fingerprint density at radius 2 is 2.19 bits per heavy atom. The number of ether oxygens (including phenoxy) is 1. The van der Waals surface area contributed by atoms with Crippen LogP contribution in [0, 0.1) is 11.8 Å². The van der Waals surface area contributed by atoms with Gasteiger partial charge in [-0.2, -0.15) is 0 Å². The van der Waals surface area contributed by atoms with Gasteiger partial charge in [0.05, 0.1) is 6.61 Å². The van der Waals surface area contributed by atoms with Crippen LogP contribution < -0.4 is 10.5 Å². The van der Waals surface area contributed by atoms with Crippen LogP contribution in [0.1, 0.15) is 19.8 Å². The van der Waals surface area contributed by atoms with Crippen LogP contribution in [0.3, 0.4) is 0 Å². The van der Waals surface area contributed by atoms with Gasteiger partial charge in [-0.3, -0.25) is 0 Å². The zero-order valence-electron chi connectivity index (χ0n) is 9.47. The fourth-order valence-electron chi connectivity index (χ4n) is 1.86. The van der Waals surface area contributed by atoms with Crippen molar-refractivity contribution in [2.75, 3.05) is 12.3 Å². The summed E-state index contributed by atoms with van der Waals surface area (Å²) in [4.78, 5) is 7.84. The second-order valence-corrected chi connectivity index (χ2v) is 4.27. The summed E-state index contributed by atoms with van der Waals surface area (Å²) in [5.41, 5.74) is 5.55. The number of hydrogen-bond acceptors (Lipinski definition) is 4. The molecular weight excluding hydrogens is 202 g/mol. The van der Waals surface area contributed by atoms with Crippen molar-refractivity contribution < 1.29 is 4.74 Å². The van der Waals surface area contributed by atoms with E-state index in [0.29, 0.717) is 30.1 Å². The lowest BCUT2D eigenvalue weighted by atomic mass is 9.85. The Balaban J connectivity index is 1.89. The van der Waals surface area contributed by atoms with E-state index < -0.39 is 0 Å². The van der Waals surface area contributed by atoms with Crippen molar-refractivity contribution in [2.24, 2.45) is 11.8 Å². The summed E-state index contributed by atoms with van der Waals surface area (Å²) < 4.78 is 5.63. The van der Waals surface area contributed by atoms with Gasteiger partial charge in [-0.1, -0.05) is 19.1 Å². The number of nitrogen functional groups attached to an aromatic ring is 1. The van der Waals surface area contributed by atoms with Gasteiger partial charge in [0.1, 0.15) is 12.1 Å². The van der Waals surface area contributed by atoms with E-state index in [0.717, 1.165) is 12.8 Å². The number of nitrogens with two attached hydrogens (primary N) is 1. The third-order valence-electron chi connectivity index (χ3n) is 3.03. The first kappa shape index (κ1) is 10.9. The topological polar surface area (TPSA) is 61.0 Å². The van der Waals surface area contributed by atoms with Crippen LogP contribution in [-0.4, -0.2) is 16.6 Å². The number of rotatable bonds is 3. The van der Waals surface area contributed by atoms with Gasteiger partial charge in [-0.25, -0.2) is 9.97 Å². The van der Waals surface area contributed by atoms with Gasteiger partial charge in [0.25, 0.3) is 0 Å². The van der Waals surface area contributed by atoms with Crippen LogP contribution in [0.2, 0.25) is 0 Å². The average molecular weight is 219 g/mol. The van der Waals surface area contributed by atoms with Crippen molar-refractivity contribution in [1.82, 2.24) is 9.97 Å². The summed E-state index contributed by atoms with van der Waals surface area (Å²) in [6, 6.07) is 1.66. The van der Waals surface area contributed by atoms with E-state index >= 15 is 0 Å². The summed E-state index contributed by atoms with van der Waals surface area (Å²) in [6.07, 6.45) is 8.11. The molecule has 1 aliphatic carbocycles. The second-order valence-electron chi connectivity index (χ2n) is 4.27. The molecule has 0 saturated carbocycles. The van der Waals surface area contributed by atoms with E-state index in [2.05, 4.69) is 29.0 Å². The van der Waals surface area contributed by atoms with Crippen molar-refractivity contribution in [3.8, 4) is 5.88 Å². The lowest BCUT2D eigenvalue weighted by Gasteiger charge is -2.24. The molecule has 1 heterocycles. The molecule has 0 bridgehead atoms. The van der Waals surface area contributed by atoms with Gasteiger partial charge in [-0.15, -0.1) is 0 Å². The zero-order valence-corrected chi connectivity index (χ0v) is 9.47. The molecule has 0 radical (unpaired) electrons. The van der Waals surface area contributed by atoms with Crippen molar-refractivity contribution in [3.05, 3.63) is 24.5 Å². The molecule has 2 N–H and O–H groups in total. The molecule has 0 spiro atoms. The molecule has 4 nitrogen and oxygen atoms in total. The molecule has 2 atom stereocenters. The van der Waals surface area contributed by atoms with E-state index in [1.54, 1.807) is 6.07 Å². The molecule has 1 aromatic heterocycles. The van der Waals surface area contributed by atoms with Gasteiger partial charge in [0.2, 0.25) is 5.88 Å². The fraction of sp³-hybridized carbons (Fsp3) is 0.500. The van der Waals surface area contributed by atoms with Crippen LogP contribution in [0.5, 0.6) is 5.88 Å². The highest BCUT2D eigenvalue weighted by atomic mass is 16.5. The maximum atomic E-state index is 5.63. The molecule has 16 heavy (non-hydrogen) atoms. The average Bonchev–Trinajstić information content (AvgIpc) is 2.28. The fourth-order valence-corrected chi connectivity index (χ4v) is 1.86. The molecule has 0 fully saturated rings. The summed E-state index contributed by atoms with van der Waals surface area (Å²) in [5, 5.41) is 0. The minimum Gasteiger partial charge on any atom is -0.477 e. The second kappa shape index (κ2) is 4.96. The van der Waals surface area contributed by atoms with Gasteiger partial charge < -0.3 is 10.5 Å². The van der Waals surface area contributed by atoms with E-state index in [4.69, 9.17) is 10.5 Å². The highest BCUT2D eigenvalue weighted by Gasteiger charge is 2.18. The zero-order chi connectivity index (χ0) is 11.4. The molecular formula is C12H17N3O. The standard InChI is InChI=1S/C12H17N3O/c1-9-4-2-3-5-10(9)7-16-12-6-11(13)14-8-15-12/h2-3,6,8-10H,4-5,7H2,1H3,(H2,13,14,15). The van der Waals surface area contributed by atoms with Crippen molar-refractivity contribution in [3.63, 3.8) is 0 Å². The monoisotopic (exact) mass is 219 g/mol. The quantitative estimate of drug-likeness (QED) is 0.790. The van der Waals surface area contributed by atoms with Gasteiger partial charge >= 0.3 is 0 Å². The minimum atomic E-state index is 0.446. The van der Waals surface area contributed by atoms with E-state index in [1.807, 2.05) is 0 Å². The predicted molar refractivity (Wildman–Crippen MR) is 63.0 cm³/mol. The molecule has 0 aliphatic heterocycles. The Labute approximate surface area is 95.5 Å². The third kappa shape index (κ3) is 2.72. The molecule has 2 rings (SSSR count). The molecule has 4 heteroatoms. The largest absolute Gasteiger partial charge is 0.477 e. The summed E-state index contributed by atoms with van der Waals surface area (Å²) >= 11 is 0.